The molecular formula is C23H34F2O2. The summed E-state index contributed by atoms with van der Waals surface area (Å²) in [5.74, 6) is 1.23. The predicted molar refractivity (Wildman–Crippen MR) is 104 cm³/mol. The van der Waals surface area contributed by atoms with Crippen molar-refractivity contribution in [1.82, 2.24) is 0 Å². The van der Waals surface area contributed by atoms with Crippen molar-refractivity contribution >= 4 is 0 Å². The Hall–Kier alpha value is -1.32. The van der Waals surface area contributed by atoms with Crippen LogP contribution >= 0.6 is 0 Å². The second kappa shape index (κ2) is 9.25. The fourth-order valence-corrected chi connectivity index (χ4v) is 4.93. The van der Waals surface area contributed by atoms with Crippen LogP contribution in [0.15, 0.2) is 6.07 Å². The highest BCUT2D eigenvalue weighted by Crippen LogP contribution is 2.41. The molecule has 2 aliphatic rings. The van der Waals surface area contributed by atoms with E-state index in [1.54, 1.807) is 13.8 Å². The lowest BCUT2D eigenvalue weighted by Gasteiger charge is -2.37. The molecule has 0 saturated heterocycles. The topological polar surface area (TPSA) is 18.5 Å². The molecule has 0 radical (unpaired) electrons. The molecule has 1 aromatic carbocycles. The van der Waals surface area contributed by atoms with Gasteiger partial charge in [-0.1, -0.05) is 19.8 Å². The lowest BCUT2D eigenvalue weighted by atomic mass is 9.69. The highest BCUT2D eigenvalue weighted by molar-refractivity contribution is 5.42. The van der Waals surface area contributed by atoms with Crippen molar-refractivity contribution < 1.29 is 18.3 Å². The van der Waals surface area contributed by atoms with E-state index >= 15 is 0 Å². The molecule has 2 saturated carbocycles. The molecule has 0 unspecified atom stereocenters. The van der Waals surface area contributed by atoms with Crippen LogP contribution in [0.2, 0.25) is 0 Å². The number of benzene rings is 1. The van der Waals surface area contributed by atoms with Gasteiger partial charge in [-0.05, 0) is 87.7 Å². The van der Waals surface area contributed by atoms with Gasteiger partial charge in [0.15, 0.2) is 11.5 Å². The minimum atomic E-state index is -0.951. The van der Waals surface area contributed by atoms with Gasteiger partial charge in [0.25, 0.3) is 0 Å². The van der Waals surface area contributed by atoms with Gasteiger partial charge in [0.1, 0.15) is 0 Å². The van der Waals surface area contributed by atoms with Gasteiger partial charge in [0, 0.05) is 0 Å². The summed E-state index contributed by atoms with van der Waals surface area (Å²) in [6, 6.07) is 1.53. The fraction of sp³-hybridized carbons (Fsp3) is 0.739. The Kier molecular flexibility index (Phi) is 6.99. The van der Waals surface area contributed by atoms with E-state index in [2.05, 4.69) is 6.92 Å². The normalized spacial score (nSPS) is 28.8. The number of hydrogen-bond acceptors (Lipinski definition) is 2. The minimum Gasteiger partial charge on any atom is -0.491 e. The Morgan fingerprint density at radius 3 is 2.07 bits per heavy atom. The molecule has 27 heavy (non-hydrogen) atoms. The third-order valence-electron chi connectivity index (χ3n) is 6.70. The van der Waals surface area contributed by atoms with Crippen molar-refractivity contribution in [2.24, 2.45) is 23.7 Å². The molecule has 0 amide bonds. The first-order chi connectivity index (χ1) is 13.0. The quantitative estimate of drug-likeness (QED) is 0.548. The van der Waals surface area contributed by atoms with E-state index in [9.17, 15) is 8.78 Å². The van der Waals surface area contributed by atoms with Crippen LogP contribution in [0.4, 0.5) is 8.78 Å². The predicted octanol–water partition coefficient (Wildman–Crippen LogP) is 6.68. The first-order valence-electron chi connectivity index (χ1n) is 10.7. The van der Waals surface area contributed by atoms with E-state index < -0.39 is 11.6 Å². The molecule has 152 valence electrons. The summed E-state index contributed by atoms with van der Waals surface area (Å²) >= 11 is 0. The first kappa shape index (κ1) is 20.4. The Bertz CT molecular complexity index is 615. The standard InChI is InChI=1S/C23H34F2O2/c1-4-26-20-13-16(3)23(22(25)21(20)24)27-14-17-7-11-19(12-8-17)18-9-5-15(2)6-10-18/h13,15,17-19H,4-12,14H2,1-3H3. The van der Waals surface area contributed by atoms with Gasteiger partial charge < -0.3 is 9.47 Å². The Morgan fingerprint density at radius 1 is 0.889 bits per heavy atom. The lowest BCUT2D eigenvalue weighted by Crippen LogP contribution is -2.27. The number of ether oxygens (including phenoxy) is 2. The molecule has 0 bridgehead atoms. The highest BCUT2D eigenvalue weighted by atomic mass is 19.2. The van der Waals surface area contributed by atoms with E-state index in [-0.39, 0.29) is 11.5 Å². The van der Waals surface area contributed by atoms with E-state index in [1.165, 1.54) is 44.6 Å². The molecule has 0 aromatic heterocycles. The van der Waals surface area contributed by atoms with Crippen molar-refractivity contribution in [1.29, 1.82) is 0 Å². The number of halogens is 2. The van der Waals surface area contributed by atoms with Crippen LogP contribution < -0.4 is 9.47 Å². The number of rotatable bonds is 6. The van der Waals surface area contributed by atoms with Gasteiger partial charge in [-0.2, -0.15) is 8.78 Å². The number of hydrogen-bond donors (Lipinski definition) is 0. The van der Waals surface area contributed by atoms with Crippen LogP contribution in [0.1, 0.15) is 70.8 Å². The van der Waals surface area contributed by atoms with Gasteiger partial charge in [0.2, 0.25) is 11.6 Å². The van der Waals surface area contributed by atoms with Gasteiger partial charge in [-0.3, -0.25) is 0 Å². The summed E-state index contributed by atoms with van der Waals surface area (Å²) in [7, 11) is 0. The second-order valence-corrected chi connectivity index (χ2v) is 8.69. The third kappa shape index (κ3) is 4.94. The monoisotopic (exact) mass is 380 g/mol. The zero-order valence-electron chi connectivity index (χ0n) is 17.0. The molecule has 3 rings (SSSR count). The smallest absolute Gasteiger partial charge is 0.204 e. The Balaban J connectivity index is 1.51. The number of aryl methyl sites for hydroxylation is 1. The largest absolute Gasteiger partial charge is 0.491 e. The molecular weight excluding hydrogens is 346 g/mol. The second-order valence-electron chi connectivity index (χ2n) is 8.69. The van der Waals surface area contributed by atoms with Gasteiger partial charge in [-0.25, -0.2) is 0 Å². The van der Waals surface area contributed by atoms with Gasteiger partial charge in [-0.15, -0.1) is 0 Å². The molecule has 2 aliphatic carbocycles. The van der Waals surface area contributed by atoms with Crippen LogP contribution in [0.25, 0.3) is 0 Å². The third-order valence-corrected chi connectivity index (χ3v) is 6.70. The highest BCUT2D eigenvalue weighted by Gasteiger charge is 2.30. The summed E-state index contributed by atoms with van der Waals surface area (Å²) in [5, 5.41) is 0. The molecule has 0 aliphatic heterocycles. The maximum Gasteiger partial charge on any atom is 0.204 e. The van der Waals surface area contributed by atoms with Gasteiger partial charge in [0.05, 0.1) is 13.2 Å². The molecule has 4 heteroatoms. The van der Waals surface area contributed by atoms with E-state index in [4.69, 9.17) is 9.47 Å². The first-order valence-corrected chi connectivity index (χ1v) is 10.7. The van der Waals surface area contributed by atoms with E-state index in [0.717, 1.165) is 30.6 Å². The fourth-order valence-electron chi connectivity index (χ4n) is 4.93. The van der Waals surface area contributed by atoms with E-state index in [0.29, 0.717) is 24.7 Å². The zero-order valence-corrected chi connectivity index (χ0v) is 17.0. The molecule has 0 spiro atoms. The summed E-state index contributed by atoms with van der Waals surface area (Å²) < 4.78 is 39.4. The van der Waals surface area contributed by atoms with Crippen molar-refractivity contribution in [3.8, 4) is 11.5 Å². The maximum absolute atomic E-state index is 14.4. The maximum atomic E-state index is 14.4. The Morgan fingerprint density at radius 2 is 1.48 bits per heavy atom. The molecule has 0 heterocycles. The van der Waals surface area contributed by atoms with Crippen LogP contribution in [0.3, 0.4) is 0 Å². The molecule has 2 nitrogen and oxygen atoms in total. The molecule has 0 N–H and O–H groups in total. The van der Waals surface area contributed by atoms with Gasteiger partial charge >= 0.3 is 0 Å². The molecule has 0 atom stereocenters. The van der Waals surface area contributed by atoms with Crippen molar-refractivity contribution in [2.45, 2.75) is 72.1 Å². The molecule has 2 fully saturated rings. The van der Waals surface area contributed by atoms with Crippen LogP contribution in [0.5, 0.6) is 11.5 Å². The zero-order chi connectivity index (χ0) is 19.4. The average Bonchev–Trinajstić information content (AvgIpc) is 2.67. The van der Waals surface area contributed by atoms with Crippen molar-refractivity contribution in [2.75, 3.05) is 13.2 Å². The van der Waals surface area contributed by atoms with Crippen LogP contribution in [0, 0.1) is 42.2 Å². The van der Waals surface area contributed by atoms with E-state index in [1.807, 2.05) is 0 Å². The summed E-state index contributed by atoms with van der Waals surface area (Å²) in [6.07, 6.45) is 10.3. The summed E-state index contributed by atoms with van der Waals surface area (Å²) in [4.78, 5) is 0. The van der Waals surface area contributed by atoms with Crippen LogP contribution in [-0.2, 0) is 0 Å². The minimum absolute atomic E-state index is 0.0397. The SMILES string of the molecule is CCOc1cc(C)c(OCC2CCC(C3CCC(C)CC3)CC2)c(F)c1F. The average molecular weight is 381 g/mol. The summed E-state index contributed by atoms with van der Waals surface area (Å²) in [5.41, 5.74) is 0.586. The molecule has 1 aromatic rings. The van der Waals surface area contributed by atoms with Crippen LogP contribution in [-0.4, -0.2) is 13.2 Å². The summed E-state index contributed by atoms with van der Waals surface area (Å²) in [6.45, 7) is 6.64. The lowest BCUT2D eigenvalue weighted by molar-refractivity contribution is 0.124. The Labute approximate surface area is 162 Å². The van der Waals surface area contributed by atoms with Crippen molar-refractivity contribution in [3.05, 3.63) is 23.3 Å². The van der Waals surface area contributed by atoms with Crippen molar-refractivity contribution in [3.63, 3.8) is 0 Å².